The van der Waals surface area contributed by atoms with E-state index in [-0.39, 0.29) is 6.04 Å². The van der Waals surface area contributed by atoms with Crippen molar-refractivity contribution in [3.05, 3.63) is 36.5 Å². The van der Waals surface area contributed by atoms with Crippen molar-refractivity contribution >= 4 is 22.5 Å². The van der Waals surface area contributed by atoms with Crippen molar-refractivity contribution in [2.24, 2.45) is 11.8 Å². The Hall–Kier alpha value is -2.10. The summed E-state index contributed by atoms with van der Waals surface area (Å²) in [5.41, 5.74) is 2.23. The predicted octanol–water partition coefficient (Wildman–Crippen LogP) is 3.71. The molecule has 25 heavy (non-hydrogen) atoms. The van der Waals surface area contributed by atoms with Gasteiger partial charge < -0.3 is 9.80 Å². The Kier molecular flexibility index (Phi) is 4.36. The second-order valence-corrected chi connectivity index (χ2v) is 7.84. The molecule has 2 fully saturated rings. The largest absolute Gasteiger partial charge is 0.368 e. The molecule has 1 amide bonds. The highest BCUT2D eigenvalue weighted by atomic mass is 16.2. The lowest BCUT2D eigenvalue weighted by Gasteiger charge is -2.35. The van der Waals surface area contributed by atoms with Crippen LogP contribution >= 0.6 is 0 Å². The van der Waals surface area contributed by atoms with Crippen LogP contribution in [0.25, 0.3) is 10.9 Å². The van der Waals surface area contributed by atoms with Crippen molar-refractivity contribution in [1.82, 2.24) is 9.88 Å². The van der Waals surface area contributed by atoms with E-state index in [1.807, 2.05) is 12.3 Å². The smallest absolute Gasteiger partial charge is 0.224 e. The quantitative estimate of drug-likeness (QED) is 0.853. The zero-order valence-corrected chi connectivity index (χ0v) is 15.2. The Bertz CT molecular complexity index is 763. The SMILES string of the molecule is CC(C)C1CN(c2ccnc3ccccc23)CCC(=O)N1CC1CC1. The van der Waals surface area contributed by atoms with Crippen LogP contribution < -0.4 is 4.90 Å². The van der Waals surface area contributed by atoms with Gasteiger partial charge in [-0.15, -0.1) is 0 Å². The third kappa shape index (κ3) is 3.35. The summed E-state index contributed by atoms with van der Waals surface area (Å²) in [6.45, 7) is 7.13. The fraction of sp³-hybridized carbons (Fsp3) is 0.524. The Morgan fingerprint density at radius 3 is 2.76 bits per heavy atom. The van der Waals surface area contributed by atoms with Crippen molar-refractivity contribution in [3.63, 3.8) is 0 Å². The lowest BCUT2D eigenvalue weighted by molar-refractivity contribution is -0.133. The fourth-order valence-electron chi connectivity index (χ4n) is 3.94. The van der Waals surface area contributed by atoms with Gasteiger partial charge in [0.15, 0.2) is 0 Å². The van der Waals surface area contributed by atoms with Gasteiger partial charge >= 0.3 is 0 Å². The lowest BCUT2D eigenvalue weighted by atomic mass is 10.0. The highest BCUT2D eigenvalue weighted by molar-refractivity contribution is 5.92. The molecule has 2 heterocycles. The summed E-state index contributed by atoms with van der Waals surface area (Å²) in [4.78, 5) is 21.9. The zero-order valence-electron chi connectivity index (χ0n) is 15.2. The standard InChI is InChI=1S/C21H27N3O/c1-15(2)20-14-23(12-10-21(25)24(20)13-16-7-8-16)19-9-11-22-18-6-4-3-5-17(18)19/h3-6,9,11,15-16,20H,7-8,10,12-14H2,1-2H3. The van der Waals surface area contributed by atoms with Gasteiger partial charge in [0.1, 0.15) is 0 Å². The molecule has 1 saturated carbocycles. The number of pyridine rings is 1. The van der Waals surface area contributed by atoms with E-state index < -0.39 is 0 Å². The molecule has 1 atom stereocenters. The predicted molar refractivity (Wildman–Crippen MR) is 102 cm³/mol. The molecule has 4 heteroatoms. The van der Waals surface area contributed by atoms with Gasteiger partial charge in [-0.3, -0.25) is 9.78 Å². The summed E-state index contributed by atoms with van der Waals surface area (Å²) < 4.78 is 0. The Morgan fingerprint density at radius 1 is 1.20 bits per heavy atom. The number of amides is 1. The number of anilines is 1. The van der Waals surface area contributed by atoms with E-state index in [4.69, 9.17) is 0 Å². The molecule has 0 spiro atoms. The second-order valence-electron chi connectivity index (χ2n) is 7.84. The lowest BCUT2D eigenvalue weighted by Crippen LogP contribution is -2.47. The van der Waals surface area contributed by atoms with Crippen molar-refractivity contribution in [3.8, 4) is 0 Å². The first-order valence-electron chi connectivity index (χ1n) is 9.51. The minimum absolute atomic E-state index is 0.280. The van der Waals surface area contributed by atoms with Crippen LogP contribution in [0.4, 0.5) is 5.69 Å². The van der Waals surface area contributed by atoms with Crippen LogP contribution in [0, 0.1) is 11.8 Å². The first-order valence-corrected chi connectivity index (χ1v) is 9.51. The molecule has 1 saturated heterocycles. The number of nitrogens with zero attached hydrogens (tertiary/aromatic N) is 3. The van der Waals surface area contributed by atoms with E-state index in [1.165, 1.54) is 23.9 Å². The van der Waals surface area contributed by atoms with Gasteiger partial charge in [-0.1, -0.05) is 32.0 Å². The van der Waals surface area contributed by atoms with E-state index in [9.17, 15) is 4.79 Å². The summed E-state index contributed by atoms with van der Waals surface area (Å²) >= 11 is 0. The van der Waals surface area contributed by atoms with Crippen LogP contribution in [0.1, 0.15) is 33.1 Å². The van der Waals surface area contributed by atoms with E-state index >= 15 is 0 Å². The molecule has 2 aromatic rings. The molecule has 1 aliphatic heterocycles. The van der Waals surface area contributed by atoms with Crippen molar-refractivity contribution < 1.29 is 4.79 Å². The first kappa shape index (κ1) is 16.4. The number of hydrogen-bond acceptors (Lipinski definition) is 3. The maximum absolute atomic E-state index is 12.8. The number of carbonyl (C=O) groups excluding carboxylic acids is 1. The summed E-state index contributed by atoms with van der Waals surface area (Å²) in [5, 5.41) is 1.18. The fourth-order valence-corrected chi connectivity index (χ4v) is 3.94. The van der Waals surface area contributed by atoms with Crippen LogP contribution in [-0.2, 0) is 4.79 Å². The summed E-state index contributed by atoms with van der Waals surface area (Å²) in [6.07, 6.45) is 5.06. The van der Waals surface area contributed by atoms with Gasteiger partial charge in [-0.2, -0.15) is 0 Å². The molecule has 0 N–H and O–H groups in total. The molecule has 4 rings (SSSR count). The van der Waals surface area contributed by atoms with Gasteiger partial charge in [-0.25, -0.2) is 0 Å². The molecule has 1 aromatic carbocycles. The second kappa shape index (κ2) is 6.66. The van der Waals surface area contributed by atoms with Crippen LogP contribution in [0.2, 0.25) is 0 Å². The summed E-state index contributed by atoms with van der Waals surface area (Å²) in [5.74, 6) is 1.52. The van der Waals surface area contributed by atoms with Crippen LogP contribution in [0.5, 0.6) is 0 Å². The van der Waals surface area contributed by atoms with Gasteiger partial charge in [0.2, 0.25) is 5.91 Å². The number of aromatic nitrogens is 1. The minimum Gasteiger partial charge on any atom is -0.368 e. The Balaban J connectivity index is 1.67. The molecule has 2 aliphatic rings. The van der Waals surface area contributed by atoms with E-state index in [2.05, 4.69) is 52.9 Å². The molecule has 1 aromatic heterocycles. The van der Waals surface area contributed by atoms with Gasteiger partial charge in [0.05, 0.1) is 11.6 Å². The monoisotopic (exact) mass is 337 g/mol. The summed E-state index contributed by atoms with van der Waals surface area (Å²) in [6, 6.07) is 10.7. The van der Waals surface area contributed by atoms with Gasteiger partial charge in [0.25, 0.3) is 0 Å². The number of para-hydroxylation sites is 1. The molecule has 4 nitrogen and oxygen atoms in total. The number of fused-ring (bicyclic) bond motifs is 1. The average molecular weight is 337 g/mol. The average Bonchev–Trinajstić information content (AvgIpc) is 3.44. The molecule has 0 bridgehead atoms. The highest BCUT2D eigenvalue weighted by Crippen LogP contribution is 2.33. The third-order valence-electron chi connectivity index (χ3n) is 5.61. The third-order valence-corrected chi connectivity index (χ3v) is 5.61. The molecule has 1 unspecified atom stereocenters. The van der Waals surface area contributed by atoms with Gasteiger partial charge in [0, 0.05) is 43.3 Å². The van der Waals surface area contributed by atoms with Crippen molar-refractivity contribution in [1.29, 1.82) is 0 Å². The zero-order chi connectivity index (χ0) is 17.4. The van der Waals surface area contributed by atoms with Crippen molar-refractivity contribution in [2.75, 3.05) is 24.5 Å². The normalized spacial score (nSPS) is 21.9. The Labute approximate surface area is 149 Å². The van der Waals surface area contributed by atoms with E-state index in [0.29, 0.717) is 18.2 Å². The topological polar surface area (TPSA) is 36.4 Å². The number of hydrogen-bond donors (Lipinski definition) is 0. The molecule has 0 radical (unpaired) electrons. The maximum atomic E-state index is 12.8. The highest BCUT2D eigenvalue weighted by Gasteiger charge is 2.35. The summed E-state index contributed by atoms with van der Waals surface area (Å²) in [7, 11) is 0. The minimum atomic E-state index is 0.280. The van der Waals surface area contributed by atoms with Crippen LogP contribution in [0.15, 0.2) is 36.5 Å². The van der Waals surface area contributed by atoms with Crippen molar-refractivity contribution in [2.45, 2.75) is 39.2 Å². The molecular weight excluding hydrogens is 310 g/mol. The number of carbonyl (C=O) groups is 1. The molecular formula is C21H27N3O. The van der Waals surface area contributed by atoms with E-state index in [1.54, 1.807) is 0 Å². The van der Waals surface area contributed by atoms with Gasteiger partial charge in [-0.05, 0) is 36.8 Å². The number of rotatable bonds is 4. The van der Waals surface area contributed by atoms with Crippen LogP contribution in [-0.4, -0.2) is 41.5 Å². The first-order chi connectivity index (χ1) is 12.1. The maximum Gasteiger partial charge on any atom is 0.224 e. The molecule has 132 valence electrons. The Morgan fingerprint density at radius 2 is 2.00 bits per heavy atom. The number of benzene rings is 1. The van der Waals surface area contributed by atoms with Crippen LogP contribution in [0.3, 0.4) is 0 Å². The molecule has 1 aliphatic carbocycles. The van der Waals surface area contributed by atoms with E-state index in [0.717, 1.165) is 31.1 Å².